The summed E-state index contributed by atoms with van der Waals surface area (Å²) in [5.74, 6) is 0. The molecule has 0 radical (unpaired) electrons. The van der Waals surface area contributed by atoms with Crippen molar-refractivity contribution in [2.75, 3.05) is 17.2 Å². The van der Waals surface area contributed by atoms with Gasteiger partial charge in [-0.3, -0.25) is 0 Å². The largest absolute Gasteiger partial charge is 0.398 e. The lowest BCUT2D eigenvalue weighted by atomic mass is 9.94. The van der Waals surface area contributed by atoms with Crippen LogP contribution in [-0.4, -0.2) is 12.6 Å². The van der Waals surface area contributed by atoms with Crippen LogP contribution in [0.25, 0.3) is 0 Å². The third-order valence-corrected chi connectivity index (χ3v) is 3.95. The molecule has 0 saturated heterocycles. The number of benzene rings is 1. The molecule has 0 fully saturated rings. The molecule has 0 saturated carbocycles. The summed E-state index contributed by atoms with van der Waals surface area (Å²) >= 11 is 0. The summed E-state index contributed by atoms with van der Waals surface area (Å²) in [6, 6.07) is 6.93. The molecule has 0 aromatic heterocycles. The van der Waals surface area contributed by atoms with Crippen molar-refractivity contribution in [3.05, 3.63) is 35.9 Å². The van der Waals surface area contributed by atoms with Gasteiger partial charge in [0.1, 0.15) is 0 Å². The monoisotopic (exact) mass is 228 g/mol. The lowest BCUT2D eigenvalue weighted by Gasteiger charge is -2.38. The molecule has 0 spiro atoms. The normalized spacial score (nSPS) is 23.5. The maximum absolute atomic E-state index is 6.09. The van der Waals surface area contributed by atoms with Crippen LogP contribution in [-0.2, 0) is 6.42 Å². The molecule has 1 aromatic carbocycles. The smallest absolute Gasteiger partial charge is 0.0473 e. The van der Waals surface area contributed by atoms with Crippen molar-refractivity contribution < 1.29 is 0 Å². The number of nitrogen functional groups attached to an aromatic ring is 1. The molecule has 90 valence electrons. The second kappa shape index (κ2) is 4.44. The van der Waals surface area contributed by atoms with Gasteiger partial charge in [-0.15, -0.1) is 0 Å². The molecular formula is C15H20N2. The Kier molecular flexibility index (Phi) is 2.79. The van der Waals surface area contributed by atoms with Gasteiger partial charge in [0.05, 0.1) is 0 Å². The topological polar surface area (TPSA) is 29.3 Å². The summed E-state index contributed by atoms with van der Waals surface area (Å²) in [5.41, 5.74) is 9.78. The zero-order valence-electron chi connectivity index (χ0n) is 10.2. The SMILES string of the molecule is Nc1cccc2c1CCCN2C1C=CCCC1. The number of anilines is 2. The maximum Gasteiger partial charge on any atom is 0.0473 e. The van der Waals surface area contributed by atoms with Gasteiger partial charge >= 0.3 is 0 Å². The summed E-state index contributed by atoms with van der Waals surface area (Å²) in [6.45, 7) is 1.17. The molecule has 1 aliphatic heterocycles. The van der Waals surface area contributed by atoms with Gasteiger partial charge < -0.3 is 10.6 Å². The van der Waals surface area contributed by atoms with Crippen LogP contribution in [0.1, 0.15) is 31.2 Å². The first-order valence-corrected chi connectivity index (χ1v) is 6.67. The molecule has 2 N–H and O–H groups in total. The Hall–Kier alpha value is -1.44. The highest BCUT2D eigenvalue weighted by molar-refractivity contribution is 5.67. The first kappa shape index (κ1) is 10.7. The second-order valence-corrected chi connectivity index (χ2v) is 5.07. The number of fused-ring (bicyclic) bond motifs is 1. The lowest BCUT2D eigenvalue weighted by molar-refractivity contribution is 0.562. The first-order chi connectivity index (χ1) is 8.36. The van der Waals surface area contributed by atoms with Gasteiger partial charge in [0.15, 0.2) is 0 Å². The predicted octanol–water partition coefficient (Wildman–Crippen LogP) is 3.13. The quantitative estimate of drug-likeness (QED) is 0.591. The fourth-order valence-electron chi connectivity index (χ4n) is 3.08. The van der Waals surface area contributed by atoms with E-state index in [1.165, 1.54) is 43.5 Å². The summed E-state index contributed by atoms with van der Waals surface area (Å²) in [4.78, 5) is 2.55. The van der Waals surface area contributed by atoms with Crippen molar-refractivity contribution in [1.29, 1.82) is 0 Å². The van der Waals surface area contributed by atoms with Crippen LogP contribution in [0.2, 0.25) is 0 Å². The molecule has 0 bridgehead atoms. The average Bonchev–Trinajstić information content (AvgIpc) is 2.40. The molecule has 1 unspecified atom stereocenters. The minimum atomic E-state index is 0.588. The Labute approximate surface area is 103 Å². The van der Waals surface area contributed by atoms with Crippen LogP contribution in [0.15, 0.2) is 30.4 Å². The van der Waals surface area contributed by atoms with E-state index in [9.17, 15) is 0 Å². The van der Waals surface area contributed by atoms with E-state index in [0.717, 1.165) is 12.1 Å². The second-order valence-electron chi connectivity index (χ2n) is 5.07. The van der Waals surface area contributed by atoms with Crippen molar-refractivity contribution >= 4 is 11.4 Å². The van der Waals surface area contributed by atoms with Gasteiger partial charge in [-0.2, -0.15) is 0 Å². The number of rotatable bonds is 1. The molecule has 1 aliphatic carbocycles. The third-order valence-electron chi connectivity index (χ3n) is 3.95. The van der Waals surface area contributed by atoms with Crippen LogP contribution >= 0.6 is 0 Å². The minimum Gasteiger partial charge on any atom is -0.398 e. The zero-order chi connectivity index (χ0) is 11.7. The molecule has 2 heteroatoms. The minimum absolute atomic E-state index is 0.588. The van der Waals surface area contributed by atoms with Crippen molar-refractivity contribution in [1.82, 2.24) is 0 Å². The number of nitrogens with two attached hydrogens (primary N) is 1. The molecule has 3 rings (SSSR count). The van der Waals surface area contributed by atoms with Crippen molar-refractivity contribution in [3.8, 4) is 0 Å². The molecule has 1 heterocycles. The van der Waals surface area contributed by atoms with Gasteiger partial charge in [0.2, 0.25) is 0 Å². The fraction of sp³-hybridized carbons (Fsp3) is 0.467. The Morgan fingerprint density at radius 1 is 1.24 bits per heavy atom. The predicted molar refractivity (Wildman–Crippen MR) is 73.3 cm³/mol. The van der Waals surface area contributed by atoms with Crippen LogP contribution in [0.4, 0.5) is 11.4 Å². The van der Waals surface area contributed by atoms with Gasteiger partial charge in [0.25, 0.3) is 0 Å². The lowest BCUT2D eigenvalue weighted by Crippen LogP contribution is -2.38. The molecule has 1 atom stereocenters. The van der Waals surface area contributed by atoms with Crippen LogP contribution in [0, 0.1) is 0 Å². The Balaban J connectivity index is 1.96. The molecule has 2 nitrogen and oxygen atoms in total. The van der Waals surface area contributed by atoms with E-state index >= 15 is 0 Å². The van der Waals surface area contributed by atoms with E-state index in [2.05, 4.69) is 29.2 Å². The van der Waals surface area contributed by atoms with Crippen LogP contribution in [0.5, 0.6) is 0 Å². The highest BCUT2D eigenvalue weighted by Gasteiger charge is 2.24. The standard InChI is InChI=1S/C15H20N2/c16-14-9-4-10-15-13(14)8-5-11-17(15)12-6-2-1-3-7-12/h2,4,6,9-10,12H,1,3,5,7-8,11,16H2. The van der Waals surface area contributed by atoms with Crippen molar-refractivity contribution in [2.24, 2.45) is 0 Å². The number of allylic oxidation sites excluding steroid dienone is 1. The Morgan fingerprint density at radius 3 is 3.00 bits per heavy atom. The van der Waals surface area contributed by atoms with Gasteiger partial charge in [-0.1, -0.05) is 18.2 Å². The number of hydrogen-bond donors (Lipinski definition) is 1. The van der Waals surface area contributed by atoms with Crippen molar-refractivity contribution in [3.63, 3.8) is 0 Å². The van der Waals surface area contributed by atoms with E-state index in [4.69, 9.17) is 5.73 Å². The van der Waals surface area contributed by atoms with Gasteiger partial charge in [-0.25, -0.2) is 0 Å². The highest BCUT2D eigenvalue weighted by Crippen LogP contribution is 2.34. The number of nitrogens with zero attached hydrogens (tertiary/aromatic N) is 1. The van der Waals surface area contributed by atoms with E-state index < -0.39 is 0 Å². The summed E-state index contributed by atoms with van der Waals surface area (Å²) in [6.07, 6.45) is 10.9. The van der Waals surface area contributed by atoms with Crippen molar-refractivity contribution in [2.45, 2.75) is 38.1 Å². The first-order valence-electron chi connectivity index (χ1n) is 6.67. The Morgan fingerprint density at radius 2 is 2.18 bits per heavy atom. The van der Waals surface area contributed by atoms with Gasteiger partial charge in [0, 0.05) is 24.0 Å². The molecule has 17 heavy (non-hydrogen) atoms. The fourth-order valence-corrected chi connectivity index (χ4v) is 3.08. The van der Waals surface area contributed by atoms with Crippen LogP contribution < -0.4 is 10.6 Å². The summed E-state index contributed by atoms with van der Waals surface area (Å²) < 4.78 is 0. The highest BCUT2D eigenvalue weighted by atomic mass is 15.2. The van der Waals surface area contributed by atoms with Crippen LogP contribution in [0.3, 0.4) is 0 Å². The molecule has 2 aliphatic rings. The number of hydrogen-bond acceptors (Lipinski definition) is 2. The maximum atomic E-state index is 6.09. The van der Waals surface area contributed by atoms with E-state index in [-0.39, 0.29) is 0 Å². The molecular weight excluding hydrogens is 208 g/mol. The van der Waals surface area contributed by atoms with Gasteiger partial charge in [-0.05, 0) is 49.8 Å². The Bertz CT molecular complexity index is 437. The summed E-state index contributed by atoms with van der Waals surface area (Å²) in [7, 11) is 0. The van der Waals surface area contributed by atoms with E-state index in [0.29, 0.717) is 6.04 Å². The third kappa shape index (κ3) is 1.92. The van der Waals surface area contributed by atoms with E-state index in [1.54, 1.807) is 0 Å². The average molecular weight is 228 g/mol. The van der Waals surface area contributed by atoms with E-state index in [1.807, 2.05) is 6.07 Å². The molecule has 0 amide bonds. The summed E-state index contributed by atoms with van der Waals surface area (Å²) in [5, 5.41) is 0. The molecule has 1 aromatic rings. The zero-order valence-corrected chi connectivity index (χ0v) is 10.2.